The molecule has 1 saturated heterocycles. The summed E-state index contributed by atoms with van der Waals surface area (Å²) >= 11 is 0. The summed E-state index contributed by atoms with van der Waals surface area (Å²) < 4.78 is 7.49. The van der Waals surface area contributed by atoms with E-state index in [0.717, 1.165) is 72.5 Å². The lowest BCUT2D eigenvalue weighted by Crippen LogP contribution is -2.29. The highest BCUT2D eigenvalue weighted by Crippen LogP contribution is 2.28. The Hall–Kier alpha value is -2.78. The largest absolute Gasteiger partial charge is 0.380 e. The molecule has 3 aromatic heterocycles. The lowest BCUT2D eigenvalue weighted by atomic mass is 10.3. The van der Waals surface area contributed by atoms with Crippen molar-refractivity contribution in [2.45, 2.75) is 33.7 Å². The molecule has 30 heavy (non-hydrogen) atoms. The number of anilines is 3. The summed E-state index contributed by atoms with van der Waals surface area (Å²) in [5.74, 6) is 2.20. The first-order valence-electron chi connectivity index (χ1n) is 10.6. The Morgan fingerprint density at radius 2 is 2.07 bits per heavy atom. The molecule has 1 aliphatic heterocycles. The number of rotatable bonds is 7. The first kappa shape index (κ1) is 20.5. The van der Waals surface area contributed by atoms with Crippen molar-refractivity contribution < 1.29 is 4.74 Å². The maximum atomic E-state index is 5.55. The van der Waals surface area contributed by atoms with E-state index >= 15 is 0 Å². The average molecular weight is 411 g/mol. The third kappa shape index (κ3) is 4.52. The fraction of sp³-hybridized carbons (Fsp3) is 0.524. The summed E-state index contributed by atoms with van der Waals surface area (Å²) in [6.45, 7) is 11.7. The second-order valence-electron chi connectivity index (χ2n) is 7.51. The van der Waals surface area contributed by atoms with Gasteiger partial charge in [0.25, 0.3) is 0 Å². The molecule has 4 heterocycles. The number of aryl methyl sites for hydroxylation is 2. The molecule has 0 spiro atoms. The van der Waals surface area contributed by atoms with Gasteiger partial charge in [0.15, 0.2) is 5.82 Å². The van der Waals surface area contributed by atoms with Crippen molar-refractivity contribution >= 4 is 28.6 Å². The minimum absolute atomic E-state index is 0.592. The number of fused-ring (bicyclic) bond motifs is 1. The fourth-order valence-corrected chi connectivity index (χ4v) is 3.61. The predicted molar refractivity (Wildman–Crippen MR) is 119 cm³/mol. The summed E-state index contributed by atoms with van der Waals surface area (Å²) in [6.07, 6.45) is 2.91. The predicted octanol–water partition coefficient (Wildman–Crippen LogP) is 2.42. The Balaban J connectivity index is 1.77. The number of aromatic nitrogens is 5. The second kappa shape index (κ2) is 9.36. The molecule has 4 rings (SSSR count). The molecule has 9 heteroatoms. The zero-order chi connectivity index (χ0) is 20.9. The highest BCUT2D eigenvalue weighted by molar-refractivity contribution is 5.90. The Kier molecular flexibility index (Phi) is 6.39. The van der Waals surface area contributed by atoms with Crippen LogP contribution >= 0.6 is 0 Å². The third-order valence-electron chi connectivity index (χ3n) is 5.18. The van der Waals surface area contributed by atoms with Gasteiger partial charge in [-0.05, 0) is 45.4 Å². The third-order valence-corrected chi connectivity index (χ3v) is 5.18. The van der Waals surface area contributed by atoms with Gasteiger partial charge in [-0.3, -0.25) is 4.68 Å². The molecular formula is C21H30N8O. The molecule has 0 aromatic carbocycles. The zero-order valence-corrected chi connectivity index (χ0v) is 18.0. The van der Waals surface area contributed by atoms with Crippen molar-refractivity contribution in [3.63, 3.8) is 0 Å². The first-order valence-corrected chi connectivity index (χ1v) is 10.6. The van der Waals surface area contributed by atoms with Gasteiger partial charge < -0.3 is 20.3 Å². The van der Waals surface area contributed by atoms with Crippen LogP contribution in [0.2, 0.25) is 0 Å². The van der Waals surface area contributed by atoms with E-state index < -0.39 is 0 Å². The highest BCUT2D eigenvalue weighted by atomic mass is 16.5. The van der Waals surface area contributed by atoms with Crippen molar-refractivity contribution in [2.75, 3.05) is 49.6 Å². The standard InChI is InChI=1S/C21H30N8O/c1-4-30-13-12-29-19-18(16(3)27-29)25-21(28-10-5-8-22-9-11-28)26-20(19)24-17-7-6-15(2)14-23-17/h6-7,14,22H,4-5,8-13H2,1-3H3,(H,23,24,25,26). The molecular weight excluding hydrogens is 380 g/mol. The molecule has 0 atom stereocenters. The monoisotopic (exact) mass is 410 g/mol. The summed E-state index contributed by atoms with van der Waals surface area (Å²) in [5.41, 5.74) is 3.75. The second-order valence-corrected chi connectivity index (χ2v) is 7.51. The topological polar surface area (TPSA) is 93.0 Å². The van der Waals surface area contributed by atoms with Gasteiger partial charge in [0.05, 0.1) is 18.8 Å². The van der Waals surface area contributed by atoms with Crippen molar-refractivity contribution in [2.24, 2.45) is 0 Å². The van der Waals surface area contributed by atoms with Gasteiger partial charge in [-0.2, -0.15) is 10.1 Å². The molecule has 0 aliphatic carbocycles. The molecule has 160 valence electrons. The Labute approximate surface area is 176 Å². The normalized spacial score (nSPS) is 14.8. The van der Waals surface area contributed by atoms with Gasteiger partial charge in [-0.15, -0.1) is 0 Å². The van der Waals surface area contributed by atoms with Crippen LogP contribution < -0.4 is 15.5 Å². The van der Waals surface area contributed by atoms with Crippen molar-refractivity contribution in [3.8, 4) is 0 Å². The van der Waals surface area contributed by atoms with E-state index in [1.807, 2.05) is 43.8 Å². The highest BCUT2D eigenvalue weighted by Gasteiger charge is 2.20. The van der Waals surface area contributed by atoms with Crippen LogP contribution in [0.1, 0.15) is 24.6 Å². The molecule has 0 bridgehead atoms. The van der Waals surface area contributed by atoms with Crippen LogP contribution in [0.15, 0.2) is 18.3 Å². The number of nitrogens with zero attached hydrogens (tertiary/aromatic N) is 6. The van der Waals surface area contributed by atoms with E-state index in [0.29, 0.717) is 19.8 Å². The number of ether oxygens (including phenoxy) is 1. The maximum Gasteiger partial charge on any atom is 0.228 e. The van der Waals surface area contributed by atoms with E-state index in [1.54, 1.807) is 0 Å². The minimum atomic E-state index is 0.592. The number of nitrogens with one attached hydrogen (secondary N) is 2. The molecule has 0 unspecified atom stereocenters. The first-order chi connectivity index (χ1) is 14.7. The fourth-order valence-electron chi connectivity index (χ4n) is 3.61. The van der Waals surface area contributed by atoms with Crippen LogP contribution in [-0.4, -0.2) is 64.1 Å². The molecule has 1 aliphatic rings. The van der Waals surface area contributed by atoms with Crippen LogP contribution in [0.25, 0.3) is 11.0 Å². The van der Waals surface area contributed by atoms with E-state index in [-0.39, 0.29) is 0 Å². The van der Waals surface area contributed by atoms with Crippen LogP contribution in [0, 0.1) is 13.8 Å². The van der Waals surface area contributed by atoms with Crippen molar-refractivity contribution in [1.29, 1.82) is 0 Å². The molecule has 0 amide bonds. The molecule has 3 aromatic rings. The van der Waals surface area contributed by atoms with Crippen LogP contribution in [-0.2, 0) is 11.3 Å². The maximum absolute atomic E-state index is 5.55. The minimum Gasteiger partial charge on any atom is -0.380 e. The lowest BCUT2D eigenvalue weighted by molar-refractivity contribution is 0.137. The lowest BCUT2D eigenvalue weighted by Gasteiger charge is -2.21. The number of pyridine rings is 1. The van der Waals surface area contributed by atoms with Crippen LogP contribution in [0.5, 0.6) is 0 Å². The number of hydrogen-bond donors (Lipinski definition) is 2. The summed E-state index contributed by atoms with van der Waals surface area (Å²) in [5, 5.41) is 11.6. The van der Waals surface area contributed by atoms with Crippen LogP contribution in [0.4, 0.5) is 17.6 Å². The van der Waals surface area contributed by atoms with Gasteiger partial charge in [-0.1, -0.05) is 6.07 Å². The van der Waals surface area contributed by atoms with Crippen LogP contribution in [0.3, 0.4) is 0 Å². The summed E-state index contributed by atoms with van der Waals surface area (Å²) in [7, 11) is 0. The van der Waals surface area contributed by atoms with Crippen molar-refractivity contribution in [3.05, 3.63) is 29.6 Å². The van der Waals surface area contributed by atoms with Gasteiger partial charge in [-0.25, -0.2) is 9.97 Å². The smallest absolute Gasteiger partial charge is 0.228 e. The Morgan fingerprint density at radius 1 is 1.17 bits per heavy atom. The molecule has 2 N–H and O–H groups in total. The molecule has 0 saturated carbocycles. The Bertz CT molecular complexity index is 977. The van der Waals surface area contributed by atoms with Crippen molar-refractivity contribution in [1.82, 2.24) is 30.0 Å². The number of hydrogen-bond acceptors (Lipinski definition) is 8. The van der Waals surface area contributed by atoms with E-state index in [9.17, 15) is 0 Å². The van der Waals surface area contributed by atoms with Gasteiger partial charge in [0.2, 0.25) is 5.95 Å². The average Bonchev–Trinajstić information content (AvgIpc) is 2.92. The molecule has 0 radical (unpaired) electrons. The van der Waals surface area contributed by atoms with E-state index in [4.69, 9.17) is 19.8 Å². The SMILES string of the molecule is CCOCCn1nc(C)c2nc(N3CCCNCC3)nc(Nc3ccc(C)cn3)c21. The van der Waals surface area contributed by atoms with E-state index in [1.165, 1.54) is 0 Å². The summed E-state index contributed by atoms with van der Waals surface area (Å²) in [6, 6.07) is 4.00. The molecule has 1 fully saturated rings. The van der Waals surface area contributed by atoms with Gasteiger partial charge >= 0.3 is 0 Å². The quantitative estimate of drug-likeness (QED) is 0.574. The zero-order valence-electron chi connectivity index (χ0n) is 18.0. The van der Waals surface area contributed by atoms with E-state index in [2.05, 4.69) is 20.5 Å². The Morgan fingerprint density at radius 3 is 2.87 bits per heavy atom. The van der Waals surface area contributed by atoms with Gasteiger partial charge in [0, 0.05) is 32.4 Å². The van der Waals surface area contributed by atoms with Gasteiger partial charge in [0.1, 0.15) is 16.9 Å². The molecule has 9 nitrogen and oxygen atoms in total. The summed E-state index contributed by atoms with van der Waals surface area (Å²) in [4.78, 5) is 16.6.